The third-order valence-corrected chi connectivity index (χ3v) is 2.62. The van der Waals surface area contributed by atoms with Crippen LogP contribution in [0.15, 0.2) is 30.3 Å². The number of carbonyl (C=O) groups excluding carboxylic acids is 1. The lowest BCUT2D eigenvalue weighted by atomic mass is 10.1. The van der Waals surface area contributed by atoms with E-state index in [4.69, 9.17) is 4.74 Å². The summed E-state index contributed by atoms with van der Waals surface area (Å²) in [5.74, 6) is -0.205. The lowest BCUT2D eigenvalue weighted by Crippen LogP contribution is -2.17. The first kappa shape index (κ1) is 12.8. The summed E-state index contributed by atoms with van der Waals surface area (Å²) in [6.45, 7) is 4.20. The Kier molecular flexibility index (Phi) is 5.62. The van der Waals surface area contributed by atoms with Gasteiger partial charge < -0.3 is 4.74 Å². The van der Waals surface area contributed by atoms with E-state index < -0.39 is 0 Å². The number of hydrogen-bond donors (Lipinski definition) is 0. The smallest absolute Gasteiger partial charge is 0.338 e. The maximum atomic E-state index is 11.8. The van der Waals surface area contributed by atoms with Gasteiger partial charge in [0.25, 0.3) is 0 Å². The predicted octanol–water partition coefficient (Wildman–Crippen LogP) is 3.81. The molecule has 0 N–H and O–H groups in total. The molecular weight excluding hydrogens is 200 g/mol. The molecule has 0 saturated heterocycles. The van der Waals surface area contributed by atoms with Crippen molar-refractivity contribution < 1.29 is 9.53 Å². The molecular formula is C14H20O2. The van der Waals surface area contributed by atoms with E-state index in [9.17, 15) is 4.79 Å². The van der Waals surface area contributed by atoms with E-state index in [0.717, 1.165) is 25.7 Å². The van der Waals surface area contributed by atoms with Gasteiger partial charge in [-0.3, -0.25) is 0 Å². The van der Waals surface area contributed by atoms with Gasteiger partial charge in [-0.05, 0) is 25.0 Å². The van der Waals surface area contributed by atoms with Crippen molar-refractivity contribution in [2.45, 2.75) is 45.6 Å². The van der Waals surface area contributed by atoms with Crippen molar-refractivity contribution in [3.63, 3.8) is 0 Å². The average molecular weight is 220 g/mol. The molecule has 1 aromatic carbocycles. The quantitative estimate of drug-likeness (QED) is 0.681. The standard InChI is InChI=1S/C14H20O2/c1-3-5-11-13(4-2)16-14(15)12-9-7-6-8-10-12/h6-10,13H,3-5,11H2,1-2H3. The second-order valence-corrected chi connectivity index (χ2v) is 3.94. The van der Waals surface area contributed by atoms with Crippen LogP contribution in [0.1, 0.15) is 49.9 Å². The van der Waals surface area contributed by atoms with Crippen LogP contribution in [-0.2, 0) is 4.74 Å². The molecule has 1 atom stereocenters. The highest BCUT2D eigenvalue weighted by molar-refractivity contribution is 5.89. The van der Waals surface area contributed by atoms with Gasteiger partial charge in [0.05, 0.1) is 5.56 Å². The number of hydrogen-bond acceptors (Lipinski definition) is 2. The molecule has 0 heterocycles. The Morgan fingerprint density at radius 1 is 1.25 bits per heavy atom. The number of esters is 1. The van der Waals surface area contributed by atoms with E-state index in [2.05, 4.69) is 13.8 Å². The third-order valence-electron chi connectivity index (χ3n) is 2.62. The lowest BCUT2D eigenvalue weighted by molar-refractivity contribution is 0.0268. The van der Waals surface area contributed by atoms with Crippen molar-refractivity contribution in [2.24, 2.45) is 0 Å². The van der Waals surface area contributed by atoms with Crippen LogP contribution >= 0.6 is 0 Å². The summed E-state index contributed by atoms with van der Waals surface area (Å²) in [5, 5.41) is 0. The van der Waals surface area contributed by atoms with Crippen LogP contribution in [0.25, 0.3) is 0 Å². The van der Waals surface area contributed by atoms with Crippen molar-refractivity contribution in [1.82, 2.24) is 0 Å². The van der Waals surface area contributed by atoms with E-state index in [-0.39, 0.29) is 12.1 Å². The van der Waals surface area contributed by atoms with E-state index in [1.165, 1.54) is 0 Å². The van der Waals surface area contributed by atoms with Gasteiger partial charge in [0, 0.05) is 0 Å². The van der Waals surface area contributed by atoms with Crippen LogP contribution in [0.5, 0.6) is 0 Å². The lowest BCUT2D eigenvalue weighted by Gasteiger charge is -2.15. The van der Waals surface area contributed by atoms with Gasteiger partial charge >= 0.3 is 5.97 Å². The maximum Gasteiger partial charge on any atom is 0.338 e. The Morgan fingerprint density at radius 2 is 1.94 bits per heavy atom. The Balaban J connectivity index is 2.49. The summed E-state index contributed by atoms with van der Waals surface area (Å²) in [5.41, 5.74) is 0.637. The van der Waals surface area contributed by atoms with Crippen LogP contribution in [0, 0.1) is 0 Å². The van der Waals surface area contributed by atoms with Gasteiger partial charge in [0.15, 0.2) is 0 Å². The molecule has 88 valence electrons. The minimum atomic E-state index is -0.205. The van der Waals surface area contributed by atoms with Gasteiger partial charge in [0.2, 0.25) is 0 Å². The van der Waals surface area contributed by atoms with E-state index in [1.807, 2.05) is 18.2 Å². The first-order valence-electron chi connectivity index (χ1n) is 6.04. The van der Waals surface area contributed by atoms with Gasteiger partial charge in [-0.25, -0.2) is 4.79 Å². The molecule has 0 aliphatic carbocycles. The number of benzene rings is 1. The monoisotopic (exact) mass is 220 g/mol. The molecule has 0 aliphatic rings. The van der Waals surface area contributed by atoms with Gasteiger partial charge in [-0.15, -0.1) is 0 Å². The molecule has 1 rings (SSSR count). The Morgan fingerprint density at radius 3 is 2.50 bits per heavy atom. The second-order valence-electron chi connectivity index (χ2n) is 3.94. The summed E-state index contributed by atoms with van der Waals surface area (Å²) in [6, 6.07) is 9.17. The Labute approximate surface area is 97.6 Å². The summed E-state index contributed by atoms with van der Waals surface area (Å²) >= 11 is 0. The molecule has 1 unspecified atom stereocenters. The maximum absolute atomic E-state index is 11.8. The highest BCUT2D eigenvalue weighted by atomic mass is 16.5. The SMILES string of the molecule is CCCCC(CC)OC(=O)c1ccccc1. The molecule has 0 radical (unpaired) electrons. The van der Waals surface area contributed by atoms with Crippen molar-refractivity contribution in [1.29, 1.82) is 0 Å². The van der Waals surface area contributed by atoms with Crippen molar-refractivity contribution in [2.75, 3.05) is 0 Å². The number of ether oxygens (including phenoxy) is 1. The molecule has 0 aromatic heterocycles. The van der Waals surface area contributed by atoms with Crippen LogP contribution < -0.4 is 0 Å². The number of rotatable bonds is 6. The molecule has 0 fully saturated rings. The molecule has 2 heteroatoms. The molecule has 0 aliphatic heterocycles. The number of carbonyl (C=O) groups is 1. The fourth-order valence-corrected chi connectivity index (χ4v) is 1.57. The highest BCUT2D eigenvalue weighted by Crippen LogP contribution is 2.11. The van der Waals surface area contributed by atoms with Gasteiger partial charge in [0.1, 0.15) is 6.10 Å². The summed E-state index contributed by atoms with van der Waals surface area (Å²) in [4.78, 5) is 11.8. The van der Waals surface area contributed by atoms with Crippen molar-refractivity contribution in [3.8, 4) is 0 Å². The van der Waals surface area contributed by atoms with E-state index >= 15 is 0 Å². The largest absolute Gasteiger partial charge is 0.459 e. The summed E-state index contributed by atoms with van der Waals surface area (Å²) < 4.78 is 5.45. The summed E-state index contributed by atoms with van der Waals surface area (Å²) in [7, 11) is 0. The second kappa shape index (κ2) is 7.04. The first-order valence-corrected chi connectivity index (χ1v) is 6.04. The summed E-state index contributed by atoms with van der Waals surface area (Å²) in [6.07, 6.45) is 4.16. The first-order chi connectivity index (χ1) is 7.77. The average Bonchev–Trinajstić information content (AvgIpc) is 2.35. The van der Waals surface area contributed by atoms with Crippen LogP contribution in [0.2, 0.25) is 0 Å². The molecule has 0 saturated carbocycles. The normalized spacial score (nSPS) is 12.1. The molecule has 16 heavy (non-hydrogen) atoms. The fourth-order valence-electron chi connectivity index (χ4n) is 1.57. The molecule has 0 bridgehead atoms. The topological polar surface area (TPSA) is 26.3 Å². The van der Waals surface area contributed by atoms with E-state index in [0.29, 0.717) is 5.56 Å². The Hall–Kier alpha value is -1.31. The molecule has 1 aromatic rings. The van der Waals surface area contributed by atoms with Gasteiger partial charge in [-0.2, -0.15) is 0 Å². The van der Waals surface area contributed by atoms with Gasteiger partial charge in [-0.1, -0.05) is 44.9 Å². The molecule has 2 nitrogen and oxygen atoms in total. The molecule has 0 amide bonds. The van der Waals surface area contributed by atoms with Crippen molar-refractivity contribution in [3.05, 3.63) is 35.9 Å². The minimum Gasteiger partial charge on any atom is -0.459 e. The predicted molar refractivity (Wildman–Crippen MR) is 65.5 cm³/mol. The fraction of sp³-hybridized carbons (Fsp3) is 0.500. The van der Waals surface area contributed by atoms with Crippen LogP contribution in [0.3, 0.4) is 0 Å². The van der Waals surface area contributed by atoms with Crippen LogP contribution in [0.4, 0.5) is 0 Å². The van der Waals surface area contributed by atoms with Crippen molar-refractivity contribution >= 4 is 5.97 Å². The highest BCUT2D eigenvalue weighted by Gasteiger charge is 2.13. The van der Waals surface area contributed by atoms with E-state index in [1.54, 1.807) is 12.1 Å². The Bertz CT molecular complexity index is 306. The van der Waals surface area contributed by atoms with Crippen LogP contribution in [-0.4, -0.2) is 12.1 Å². The number of unbranched alkanes of at least 4 members (excludes halogenated alkanes) is 1. The minimum absolute atomic E-state index is 0.0626. The zero-order chi connectivity index (χ0) is 11.8. The third kappa shape index (κ3) is 4.05. The zero-order valence-corrected chi connectivity index (χ0v) is 10.1. The zero-order valence-electron chi connectivity index (χ0n) is 10.1. The molecule has 0 spiro atoms.